The number of ether oxygens (including phenoxy) is 1. The molecule has 0 aliphatic carbocycles. The van der Waals surface area contributed by atoms with E-state index in [4.69, 9.17) is 4.74 Å². The molecule has 1 fully saturated rings. The molecule has 1 N–H and O–H groups in total. The zero-order valence-electron chi connectivity index (χ0n) is 10.9. The van der Waals surface area contributed by atoms with E-state index in [1.54, 1.807) is 0 Å². The van der Waals surface area contributed by atoms with E-state index in [0.29, 0.717) is 6.04 Å². The van der Waals surface area contributed by atoms with Crippen molar-refractivity contribution in [2.75, 3.05) is 13.2 Å². The number of rotatable bonds is 5. The maximum atomic E-state index is 5.71. The van der Waals surface area contributed by atoms with Crippen molar-refractivity contribution in [1.29, 1.82) is 0 Å². The van der Waals surface area contributed by atoms with Gasteiger partial charge in [-0.05, 0) is 39.7 Å². The standard InChI is InChI=1S/C13H23N3O/c1-13(2)10-12(4-9-17-13)15-5-3-7-16-8-6-14-11-16/h6,8,11-12,15H,3-5,7,9-10H2,1-2H3. The van der Waals surface area contributed by atoms with Crippen molar-refractivity contribution in [2.24, 2.45) is 0 Å². The van der Waals surface area contributed by atoms with Gasteiger partial charge in [0, 0.05) is 31.6 Å². The molecule has 0 bridgehead atoms. The molecule has 1 aliphatic rings. The minimum atomic E-state index is 0.0419. The molecule has 0 spiro atoms. The van der Waals surface area contributed by atoms with Gasteiger partial charge in [0.1, 0.15) is 0 Å². The van der Waals surface area contributed by atoms with Crippen molar-refractivity contribution in [3.63, 3.8) is 0 Å². The average Bonchev–Trinajstić information content (AvgIpc) is 2.76. The average molecular weight is 237 g/mol. The Morgan fingerprint density at radius 3 is 3.12 bits per heavy atom. The van der Waals surface area contributed by atoms with Crippen molar-refractivity contribution in [2.45, 2.75) is 51.3 Å². The van der Waals surface area contributed by atoms with Crippen LogP contribution in [-0.2, 0) is 11.3 Å². The van der Waals surface area contributed by atoms with Gasteiger partial charge in [0.15, 0.2) is 0 Å². The van der Waals surface area contributed by atoms with Crippen LogP contribution in [0, 0.1) is 0 Å². The number of hydrogen-bond acceptors (Lipinski definition) is 3. The quantitative estimate of drug-likeness (QED) is 0.794. The van der Waals surface area contributed by atoms with Crippen LogP contribution in [0.25, 0.3) is 0 Å². The molecular formula is C13H23N3O. The second-order valence-corrected chi connectivity index (χ2v) is 5.41. The first-order valence-electron chi connectivity index (χ1n) is 6.49. The van der Waals surface area contributed by atoms with E-state index in [1.165, 1.54) is 0 Å². The van der Waals surface area contributed by atoms with Crippen LogP contribution >= 0.6 is 0 Å². The summed E-state index contributed by atoms with van der Waals surface area (Å²) in [6.45, 7) is 7.34. The maximum Gasteiger partial charge on any atom is 0.0945 e. The predicted molar refractivity (Wildman–Crippen MR) is 67.9 cm³/mol. The maximum absolute atomic E-state index is 5.71. The Hall–Kier alpha value is -0.870. The van der Waals surface area contributed by atoms with E-state index in [-0.39, 0.29) is 5.60 Å². The number of aromatic nitrogens is 2. The zero-order chi connectivity index (χ0) is 12.1. The fourth-order valence-corrected chi connectivity index (χ4v) is 2.39. The fourth-order valence-electron chi connectivity index (χ4n) is 2.39. The van der Waals surface area contributed by atoms with Crippen LogP contribution in [-0.4, -0.2) is 34.3 Å². The number of imidazole rings is 1. The van der Waals surface area contributed by atoms with Crippen LogP contribution in [0.15, 0.2) is 18.7 Å². The van der Waals surface area contributed by atoms with Gasteiger partial charge in [-0.3, -0.25) is 0 Å². The molecule has 0 radical (unpaired) electrons. The fraction of sp³-hybridized carbons (Fsp3) is 0.769. The molecule has 1 aromatic rings. The summed E-state index contributed by atoms with van der Waals surface area (Å²) in [7, 11) is 0. The lowest BCUT2D eigenvalue weighted by atomic mass is 9.94. The largest absolute Gasteiger partial charge is 0.375 e. The van der Waals surface area contributed by atoms with Gasteiger partial charge in [0.25, 0.3) is 0 Å². The van der Waals surface area contributed by atoms with Gasteiger partial charge in [-0.1, -0.05) is 0 Å². The molecule has 0 amide bonds. The number of hydrogen-bond donors (Lipinski definition) is 1. The molecule has 2 heterocycles. The highest BCUT2D eigenvalue weighted by Gasteiger charge is 2.28. The van der Waals surface area contributed by atoms with Crippen molar-refractivity contribution in [3.05, 3.63) is 18.7 Å². The first kappa shape index (κ1) is 12.6. The normalized spacial score (nSPS) is 23.8. The Morgan fingerprint density at radius 2 is 2.41 bits per heavy atom. The summed E-state index contributed by atoms with van der Waals surface area (Å²) in [4.78, 5) is 4.04. The highest BCUT2D eigenvalue weighted by molar-refractivity contribution is 4.83. The Kier molecular flexibility index (Phi) is 4.18. The molecule has 96 valence electrons. The Bertz CT molecular complexity index is 321. The highest BCUT2D eigenvalue weighted by atomic mass is 16.5. The SMILES string of the molecule is CC1(C)CC(NCCCn2ccnc2)CCO1. The second-order valence-electron chi connectivity index (χ2n) is 5.41. The minimum Gasteiger partial charge on any atom is -0.375 e. The number of nitrogens with one attached hydrogen (secondary N) is 1. The summed E-state index contributed by atoms with van der Waals surface area (Å²) >= 11 is 0. The van der Waals surface area contributed by atoms with E-state index < -0.39 is 0 Å². The molecule has 1 aliphatic heterocycles. The second kappa shape index (κ2) is 5.65. The van der Waals surface area contributed by atoms with E-state index in [1.807, 2.05) is 18.7 Å². The van der Waals surface area contributed by atoms with E-state index in [0.717, 1.165) is 39.0 Å². The molecule has 4 nitrogen and oxygen atoms in total. The van der Waals surface area contributed by atoms with E-state index >= 15 is 0 Å². The van der Waals surface area contributed by atoms with Crippen LogP contribution in [0.5, 0.6) is 0 Å². The van der Waals surface area contributed by atoms with Crippen LogP contribution in [0.1, 0.15) is 33.1 Å². The van der Waals surface area contributed by atoms with E-state index in [9.17, 15) is 0 Å². The summed E-state index contributed by atoms with van der Waals surface area (Å²) in [5.41, 5.74) is 0.0419. The molecule has 1 unspecified atom stereocenters. The first-order chi connectivity index (χ1) is 8.16. The lowest BCUT2D eigenvalue weighted by Gasteiger charge is -2.36. The smallest absolute Gasteiger partial charge is 0.0945 e. The van der Waals surface area contributed by atoms with Gasteiger partial charge >= 0.3 is 0 Å². The molecule has 1 aromatic heterocycles. The summed E-state index contributed by atoms with van der Waals surface area (Å²) in [6.07, 6.45) is 9.10. The van der Waals surface area contributed by atoms with Crippen molar-refractivity contribution < 1.29 is 4.74 Å². The predicted octanol–water partition coefficient (Wildman–Crippen LogP) is 1.82. The monoisotopic (exact) mass is 237 g/mol. The Labute approximate surface area is 103 Å². The third-order valence-corrected chi connectivity index (χ3v) is 3.28. The van der Waals surface area contributed by atoms with Gasteiger partial charge in [-0.2, -0.15) is 0 Å². The molecular weight excluding hydrogens is 214 g/mol. The topological polar surface area (TPSA) is 39.1 Å². The zero-order valence-corrected chi connectivity index (χ0v) is 10.9. The van der Waals surface area contributed by atoms with Gasteiger partial charge in [0.2, 0.25) is 0 Å². The molecule has 4 heteroatoms. The van der Waals surface area contributed by atoms with Gasteiger partial charge in [-0.25, -0.2) is 4.98 Å². The number of aryl methyl sites for hydroxylation is 1. The summed E-state index contributed by atoms with van der Waals surface area (Å²) < 4.78 is 7.83. The Morgan fingerprint density at radius 1 is 1.53 bits per heavy atom. The summed E-state index contributed by atoms with van der Waals surface area (Å²) in [5, 5.41) is 3.63. The molecule has 1 atom stereocenters. The molecule has 17 heavy (non-hydrogen) atoms. The van der Waals surface area contributed by atoms with Crippen LogP contribution in [0.2, 0.25) is 0 Å². The van der Waals surface area contributed by atoms with Crippen LogP contribution in [0.3, 0.4) is 0 Å². The van der Waals surface area contributed by atoms with Crippen molar-refractivity contribution >= 4 is 0 Å². The molecule has 0 saturated carbocycles. The van der Waals surface area contributed by atoms with Gasteiger partial charge in [0.05, 0.1) is 11.9 Å². The van der Waals surface area contributed by atoms with E-state index in [2.05, 4.69) is 28.7 Å². The number of nitrogens with zero attached hydrogens (tertiary/aromatic N) is 2. The molecule has 2 rings (SSSR count). The van der Waals surface area contributed by atoms with Crippen molar-refractivity contribution in [3.8, 4) is 0 Å². The summed E-state index contributed by atoms with van der Waals surface area (Å²) in [6, 6.07) is 0.613. The minimum absolute atomic E-state index is 0.0419. The third-order valence-electron chi connectivity index (χ3n) is 3.28. The summed E-state index contributed by atoms with van der Waals surface area (Å²) in [5.74, 6) is 0. The third kappa shape index (κ3) is 4.13. The lowest BCUT2D eigenvalue weighted by Crippen LogP contribution is -2.44. The van der Waals surface area contributed by atoms with Crippen LogP contribution < -0.4 is 5.32 Å². The molecule has 0 aromatic carbocycles. The molecule has 1 saturated heterocycles. The van der Waals surface area contributed by atoms with Crippen LogP contribution in [0.4, 0.5) is 0 Å². The van der Waals surface area contributed by atoms with Gasteiger partial charge < -0.3 is 14.6 Å². The lowest BCUT2D eigenvalue weighted by molar-refractivity contribution is -0.0628. The van der Waals surface area contributed by atoms with Gasteiger partial charge in [-0.15, -0.1) is 0 Å². The van der Waals surface area contributed by atoms with Crippen molar-refractivity contribution in [1.82, 2.24) is 14.9 Å². The Balaban J connectivity index is 1.62. The first-order valence-corrected chi connectivity index (χ1v) is 6.49. The highest BCUT2D eigenvalue weighted by Crippen LogP contribution is 2.23.